The summed E-state index contributed by atoms with van der Waals surface area (Å²) in [4.78, 5) is 28.3. The molecule has 24 heavy (non-hydrogen) atoms. The van der Waals surface area contributed by atoms with Crippen LogP contribution in [0.2, 0.25) is 0 Å². The van der Waals surface area contributed by atoms with E-state index in [2.05, 4.69) is 10.3 Å². The van der Waals surface area contributed by atoms with Gasteiger partial charge in [0.2, 0.25) is 0 Å². The molecule has 3 N–H and O–H groups in total. The van der Waals surface area contributed by atoms with Crippen molar-refractivity contribution in [2.45, 2.75) is 19.9 Å². The molecule has 0 saturated heterocycles. The molecule has 7 heteroatoms. The van der Waals surface area contributed by atoms with Crippen molar-refractivity contribution < 1.29 is 14.3 Å². The molecule has 2 aromatic rings. The van der Waals surface area contributed by atoms with Crippen molar-refractivity contribution in [1.82, 2.24) is 10.3 Å². The summed E-state index contributed by atoms with van der Waals surface area (Å²) in [5, 5.41) is 5.11. The average molecular weight is 347 g/mol. The Morgan fingerprint density at radius 3 is 2.83 bits per heavy atom. The normalized spacial score (nSPS) is 11.8. The second kappa shape index (κ2) is 8.56. The fourth-order valence-corrected chi connectivity index (χ4v) is 3.00. The van der Waals surface area contributed by atoms with E-state index in [0.29, 0.717) is 23.7 Å². The van der Waals surface area contributed by atoms with Gasteiger partial charge >= 0.3 is 5.97 Å². The number of esters is 1. The second-order valence-electron chi connectivity index (χ2n) is 5.45. The molecule has 1 aromatic heterocycles. The number of aromatic nitrogens is 1. The number of hydrogen-bond donors (Lipinski definition) is 2. The predicted molar refractivity (Wildman–Crippen MR) is 92.7 cm³/mol. The van der Waals surface area contributed by atoms with Crippen LogP contribution >= 0.6 is 11.3 Å². The van der Waals surface area contributed by atoms with Gasteiger partial charge in [-0.25, -0.2) is 4.98 Å². The molecule has 0 bridgehead atoms. The van der Waals surface area contributed by atoms with Gasteiger partial charge in [-0.15, -0.1) is 11.3 Å². The average Bonchev–Trinajstić information content (AvgIpc) is 3.07. The number of nitrogens with one attached hydrogen (secondary N) is 1. The Morgan fingerprint density at radius 1 is 1.42 bits per heavy atom. The largest absolute Gasteiger partial charge is 0.469 e. The number of hydrogen-bond acceptors (Lipinski definition) is 6. The highest BCUT2D eigenvalue weighted by Gasteiger charge is 2.21. The number of carbonyl (C=O) groups excluding carboxylic acids is 2. The monoisotopic (exact) mass is 347 g/mol. The van der Waals surface area contributed by atoms with Crippen LogP contribution in [0.3, 0.4) is 0 Å². The third kappa shape index (κ3) is 4.87. The minimum atomic E-state index is -0.451. The molecule has 0 aliphatic carbocycles. The molecule has 0 aliphatic heterocycles. The van der Waals surface area contributed by atoms with Gasteiger partial charge in [0.25, 0.3) is 5.91 Å². The molecule has 6 nitrogen and oxygen atoms in total. The first-order valence-corrected chi connectivity index (χ1v) is 8.47. The van der Waals surface area contributed by atoms with E-state index in [0.717, 1.165) is 11.1 Å². The van der Waals surface area contributed by atoms with Crippen LogP contribution in [0.4, 0.5) is 0 Å². The first kappa shape index (κ1) is 18.1. The Hall–Kier alpha value is -2.25. The highest BCUT2D eigenvalue weighted by Crippen LogP contribution is 2.13. The van der Waals surface area contributed by atoms with Gasteiger partial charge in [-0.3, -0.25) is 9.59 Å². The van der Waals surface area contributed by atoms with Gasteiger partial charge < -0.3 is 15.8 Å². The minimum absolute atomic E-state index is 0.189. The third-order valence-corrected chi connectivity index (χ3v) is 4.44. The third-order valence-electron chi connectivity index (χ3n) is 3.57. The van der Waals surface area contributed by atoms with Crippen molar-refractivity contribution in [3.63, 3.8) is 0 Å². The van der Waals surface area contributed by atoms with Crippen molar-refractivity contribution in [3.8, 4) is 0 Å². The number of ether oxygens (including phenoxy) is 1. The number of aryl methyl sites for hydroxylation is 1. The van der Waals surface area contributed by atoms with Crippen molar-refractivity contribution in [3.05, 3.63) is 51.5 Å². The summed E-state index contributed by atoms with van der Waals surface area (Å²) < 4.78 is 4.85. The topological polar surface area (TPSA) is 94.3 Å². The zero-order valence-corrected chi connectivity index (χ0v) is 14.6. The van der Waals surface area contributed by atoms with E-state index in [1.165, 1.54) is 18.4 Å². The van der Waals surface area contributed by atoms with E-state index in [1.807, 2.05) is 31.2 Å². The van der Waals surface area contributed by atoms with Crippen LogP contribution in [0.5, 0.6) is 0 Å². The van der Waals surface area contributed by atoms with Gasteiger partial charge in [-0.1, -0.05) is 29.8 Å². The Morgan fingerprint density at radius 2 is 2.21 bits per heavy atom. The fourth-order valence-electron chi connectivity index (χ4n) is 2.34. The van der Waals surface area contributed by atoms with Gasteiger partial charge in [-0.2, -0.15) is 0 Å². The summed E-state index contributed by atoms with van der Waals surface area (Å²) in [6.07, 6.45) is 0.500. The maximum absolute atomic E-state index is 12.1. The predicted octanol–water partition coefficient (Wildman–Crippen LogP) is 1.67. The number of rotatable bonds is 7. The number of methoxy groups -OCH3 is 1. The van der Waals surface area contributed by atoms with E-state index in [1.54, 1.807) is 5.38 Å². The molecular weight excluding hydrogens is 326 g/mol. The van der Waals surface area contributed by atoms with Gasteiger partial charge in [-0.05, 0) is 18.9 Å². The van der Waals surface area contributed by atoms with Crippen LogP contribution in [0.25, 0.3) is 0 Å². The molecule has 0 aliphatic rings. The van der Waals surface area contributed by atoms with Crippen molar-refractivity contribution in [2.75, 3.05) is 13.7 Å². The van der Waals surface area contributed by atoms with Crippen LogP contribution in [-0.2, 0) is 22.5 Å². The number of benzene rings is 1. The molecule has 128 valence electrons. The van der Waals surface area contributed by atoms with Crippen molar-refractivity contribution in [2.24, 2.45) is 11.7 Å². The number of amides is 1. The lowest BCUT2D eigenvalue weighted by atomic mass is 9.98. The van der Waals surface area contributed by atoms with E-state index in [9.17, 15) is 9.59 Å². The molecule has 1 heterocycles. The number of nitrogens with zero attached hydrogens (tertiary/aromatic N) is 1. The van der Waals surface area contributed by atoms with Crippen molar-refractivity contribution in [1.29, 1.82) is 0 Å². The van der Waals surface area contributed by atoms with E-state index in [-0.39, 0.29) is 18.4 Å². The maximum Gasteiger partial charge on any atom is 0.310 e. The van der Waals surface area contributed by atoms with Gasteiger partial charge in [0.05, 0.1) is 13.0 Å². The Labute approximate surface area is 145 Å². The van der Waals surface area contributed by atoms with Gasteiger partial charge in [0.15, 0.2) is 0 Å². The van der Waals surface area contributed by atoms with Crippen LogP contribution in [0, 0.1) is 12.8 Å². The molecule has 0 saturated carbocycles. The standard InChI is InChI=1S/C17H21N3O3S/c1-11-4-3-5-12(6-11)7-13(17(22)23-2)9-19-16(21)14-10-24-15(8-18)20-14/h3-6,10,13H,7-9,18H2,1-2H3,(H,19,21). The first-order chi connectivity index (χ1) is 11.5. The second-order valence-corrected chi connectivity index (χ2v) is 6.40. The SMILES string of the molecule is COC(=O)C(CNC(=O)c1csc(CN)n1)Cc1cccc(C)c1. The summed E-state index contributed by atoms with van der Waals surface area (Å²) in [5.74, 6) is -1.12. The van der Waals surface area contributed by atoms with Crippen LogP contribution < -0.4 is 11.1 Å². The highest BCUT2D eigenvalue weighted by molar-refractivity contribution is 7.09. The lowest BCUT2D eigenvalue weighted by molar-refractivity contribution is -0.145. The summed E-state index contributed by atoms with van der Waals surface area (Å²) in [6.45, 7) is 2.49. The molecule has 1 amide bonds. The molecule has 2 rings (SSSR count). The molecule has 0 spiro atoms. The molecule has 0 fully saturated rings. The summed E-state index contributed by atoms with van der Waals surface area (Å²) in [7, 11) is 1.35. The summed E-state index contributed by atoms with van der Waals surface area (Å²) in [6, 6.07) is 7.92. The Kier molecular flexibility index (Phi) is 6.45. The van der Waals surface area contributed by atoms with Crippen LogP contribution in [-0.4, -0.2) is 30.5 Å². The smallest absolute Gasteiger partial charge is 0.310 e. The molecule has 1 atom stereocenters. The lowest BCUT2D eigenvalue weighted by Crippen LogP contribution is -2.35. The van der Waals surface area contributed by atoms with E-state index < -0.39 is 5.92 Å². The Balaban J connectivity index is 2.00. The van der Waals surface area contributed by atoms with Crippen LogP contribution in [0.15, 0.2) is 29.6 Å². The number of carbonyl (C=O) groups is 2. The fraction of sp³-hybridized carbons (Fsp3) is 0.353. The quantitative estimate of drug-likeness (QED) is 0.743. The molecular formula is C17H21N3O3S. The van der Waals surface area contributed by atoms with Crippen LogP contribution in [0.1, 0.15) is 26.6 Å². The molecule has 1 unspecified atom stereocenters. The highest BCUT2D eigenvalue weighted by atomic mass is 32.1. The number of nitrogens with two attached hydrogens (primary N) is 1. The van der Waals surface area contributed by atoms with E-state index >= 15 is 0 Å². The van der Waals surface area contributed by atoms with Gasteiger partial charge in [0.1, 0.15) is 10.7 Å². The zero-order chi connectivity index (χ0) is 17.5. The Bertz CT molecular complexity index is 715. The number of thiazole rings is 1. The lowest BCUT2D eigenvalue weighted by Gasteiger charge is -2.15. The summed E-state index contributed by atoms with van der Waals surface area (Å²) in [5.41, 5.74) is 7.96. The first-order valence-electron chi connectivity index (χ1n) is 7.59. The van der Waals surface area contributed by atoms with Crippen molar-refractivity contribution >= 4 is 23.2 Å². The molecule has 1 aromatic carbocycles. The summed E-state index contributed by atoms with van der Waals surface area (Å²) >= 11 is 1.34. The zero-order valence-electron chi connectivity index (χ0n) is 13.7. The maximum atomic E-state index is 12.1. The minimum Gasteiger partial charge on any atom is -0.469 e. The van der Waals surface area contributed by atoms with Gasteiger partial charge in [0, 0.05) is 18.5 Å². The molecule has 0 radical (unpaired) electrons. The van der Waals surface area contributed by atoms with E-state index in [4.69, 9.17) is 10.5 Å².